The molecule has 0 aliphatic carbocycles. The molecule has 0 atom stereocenters. The van der Waals surface area contributed by atoms with Crippen molar-refractivity contribution in [3.05, 3.63) is 54.4 Å². The van der Waals surface area contributed by atoms with Crippen LogP contribution in [0.25, 0.3) is 11.4 Å². The van der Waals surface area contributed by atoms with Gasteiger partial charge in [-0.15, -0.1) is 10.2 Å². The number of carbonyl (C=O) groups excluding carboxylic acids is 2. The number of nitrogens with one attached hydrogen (secondary N) is 2. The minimum absolute atomic E-state index is 0.133. The Hall–Kier alpha value is -3.68. The monoisotopic (exact) mass is 419 g/mol. The Bertz CT molecular complexity index is 1090. The first-order valence-corrected chi connectivity index (χ1v) is 10.4. The van der Waals surface area contributed by atoms with Gasteiger partial charge in [0.2, 0.25) is 5.91 Å². The molecule has 2 amide bonds. The highest BCUT2D eigenvalue weighted by molar-refractivity contribution is 5.94. The second-order valence-electron chi connectivity index (χ2n) is 7.53. The normalized spacial score (nSPS) is 13.1. The Morgan fingerprint density at radius 1 is 1.00 bits per heavy atom. The van der Waals surface area contributed by atoms with Crippen molar-refractivity contribution in [1.82, 2.24) is 14.8 Å². The third kappa shape index (κ3) is 5.28. The number of nitrogens with zero attached hydrogens (tertiary/aromatic N) is 3. The second kappa shape index (κ2) is 9.42. The third-order valence-corrected chi connectivity index (χ3v) is 5.04. The number of aromatic nitrogens is 3. The van der Waals surface area contributed by atoms with Crippen LogP contribution in [0, 0.1) is 0 Å². The summed E-state index contributed by atoms with van der Waals surface area (Å²) in [7, 11) is 0. The minimum Gasteiger partial charge on any atom is -0.484 e. The molecule has 1 aliphatic heterocycles. The summed E-state index contributed by atoms with van der Waals surface area (Å²) >= 11 is 0. The van der Waals surface area contributed by atoms with E-state index in [0.29, 0.717) is 17.1 Å². The summed E-state index contributed by atoms with van der Waals surface area (Å²) in [5.74, 6) is 1.99. The van der Waals surface area contributed by atoms with Gasteiger partial charge in [-0.25, -0.2) is 0 Å². The van der Waals surface area contributed by atoms with E-state index in [2.05, 4.69) is 25.4 Å². The largest absolute Gasteiger partial charge is 0.484 e. The Labute approximate surface area is 180 Å². The molecule has 31 heavy (non-hydrogen) atoms. The van der Waals surface area contributed by atoms with E-state index in [1.165, 1.54) is 13.3 Å². The average Bonchev–Trinajstić information content (AvgIpc) is 3.00. The highest BCUT2D eigenvalue weighted by atomic mass is 16.5. The van der Waals surface area contributed by atoms with Crippen LogP contribution in [0.1, 0.15) is 32.0 Å². The van der Waals surface area contributed by atoms with Crippen molar-refractivity contribution in [2.45, 2.75) is 39.2 Å². The number of ether oxygens (including phenoxy) is 1. The number of anilines is 2. The zero-order chi connectivity index (χ0) is 21.6. The van der Waals surface area contributed by atoms with Crippen molar-refractivity contribution in [2.24, 2.45) is 0 Å². The van der Waals surface area contributed by atoms with Crippen LogP contribution in [0.4, 0.5) is 11.4 Å². The van der Waals surface area contributed by atoms with Gasteiger partial charge in [-0.05, 0) is 43.2 Å². The van der Waals surface area contributed by atoms with Crippen LogP contribution in [0.2, 0.25) is 0 Å². The van der Waals surface area contributed by atoms with Gasteiger partial charge in [-0.2, -0.15) is 0 Å². The fraction of sp³-hybridized carbons (Fsp3) is 0.304. The van der Waals surface area contributed by atoms with Gasteiger partial charge in [0.1, 0.15) is 11.6 Å². The summed E-state index contributed by atoms with van der Waals surface area (Å²) < 4.78 is 7.88. The van der Waals surface area contributed by atoms with E-state index in [1.807, 2.05) is 24.3 Å². The number of hydrogen-bond acceptors (Lipinski definition) is 5. The third-order valence-electron chi connectivity index (χ3n) is 5.04. The maximum Gasteiger partial charge on any atom is 0.262 e. The van der Waals surface area contributed by atoms with Crippen LogP contribution < -0.4 is 15.4 Å². The molecule has 1 aliphatic rings. The lowest BCUT2D eigenvalue weighted by Crippen LogP contribution is -2.20. The number of hydrogen-bond donors (Lipinski definition) is 2. The lowest BCUT2D eigenvalue weighted by Gasteiger charge is -2.11. The van der Waals surface area contributed by atoms with E-state index in [9.17, 15) is 9.59 Å². The molecule has 3 aromatic rings. The SMILES string of the molecule is CC(=O)Nc1cccc(NC(=O)COc2cccc(-c3nnc4n3CCCCC4)c2)c1. The molecule has 2 heterocycles. The predicted molar refractivity (Wildman–Crippen MR) is 118 cm³/mol. The summed E-state index contributed by atoms with van der Waals surface area (Å²) in [6.45, 7) is 2.22. The summed E-state index contributed by atoms with van der Waals surface area (Å²) in [4.78, 5) is 23.5. The molecule has 0 spiro atoms. The number of amides is 2. The van der Waals surface area contributed by atoms with Crippen molar-refractivity contribution in [3.8, 4) is 17.1 Å². The van der Waals surface area contributed by atoms with E-state index in [-0.39, 0.29) is 18.4 Å². The van der Waals surface area contributed by atoms with E-state index in [4.69, 9.17) is 4.74 Å². The summed E-state index contributed by atoms with van der Waals surface area (Å²) in [5.41, 5.74) is 2.12. The lowest BCUT2D eigenvalue weighted by molar-refractivity contribution is -0.118. The number of rotatable bonds is 6. The predicted octanol–water partition coefficient (Wildman–Crippen LogP) is 3.65. The average molecular weight is 419 g/mol. The summed E-state index contributed by atoms with van der Waals surface area (Å²) in [5, 5.41) is 14.2. The molecular formula is C23H25N5O3. The molecule has 8 nitrogen and oxygen atoms in total. The van der Waals surface area contributed by atoms with Gasteiger partial charge >= 0.3 is 0 Å². The van der Waals surface area contributed by atoms with E-state index < -0.39 is 0 Å². The van der Waals surface area contributed by atoms with Crippen molar-refractivity contribution in [3.63, 3.8) is 0 Å². The molecule has 8 heteroatoms. The van der Waals surface area contributed by atoms with Crippen LogP contribution in [0.5, 0.6) is 5.75 Å². The van der Waals surface area contributed by atoms with Crippen LogP contribution in [-0.4, -0.2) is 33.2 Å². The number of aryl methyl sites for hydroxylation is 1. The second-order valence-corrected chi connectivity index (χ2v) is 7.53. The van der Waals surface area contributed by atoms with Crippen molar-refractivity contribution in [1.29, 1.82) is 0 Å². The molecule has 0 unspecified atom stereocenters. The van der Waals surface area contributed by atoms with Gasteiger partial charge in [0.15, 0.2) is 12.4 Å². The molecule has 0 radical (unpaired) electrons. The maximum atomic E-state index is 12.3. The zero-order valence-corrected chi connectivity index (χ0v) is 17.4. The molecule has 0 bridgehead atoms. The van der Waals surface area contributed by atoms with Crippen molar-refractivity contribution < 1.29 is 14.3 Å². The summed E-state index contributed by atoms with van der Waals surface area (Å²) in [6.07, 6.45) is 4.42. The van der Waals surface area contributed by atoms with Gasteiger partial charge in [-0.1, -0.05) is 24.6 Å². The van der Waals surface area contributed by atoms with Crippen LogP contribution >= 0.6 is 0 Å². The first-order chi connectivity index (χ1) is 15.1. The Balaban J connectivity index is 1.39. The van der Waals surface area contributed by atoms with Gasteiger partial charge in [0.05, 0.1) is 0 Å². The highest BCUT2D eigenvalue weighted by Crippen LogP contribution is 2.25. The summed E-state index contributed by atoms with van der Waals surface area (Å²) in [6, 6.07) is 14.5. The Morgan fingerprint density at radius 3 is 2.65 bits per heavy atom. The molecule has 160 valence electrons. The number of fused-ring (bicyclic) bond motifs is 1. The molecular weight excluding hydrogens is 394 g/mol. The van der Waals surface area contributed by atoms with Gasteiger partial charge in [-0.3, -0.25) is 9.59 Å². The van der Waals surface area contributed by atoms with Crippen LogP contribution in [-0.2, 0) is 22.6 Å². The highest BCUT2D eigenvalue weighted by Gasteiger charge is 2.16. The molecule has 0 saturated heterocycles. The quantitative estimate of drug-likeness (QED) is 0.636. The minimum atomic E-state index is -0.290. The molecule has 2 N–H and O–H groups in total. The van der Waals surface area contributed by atoms with Gasteiger partial charge in [0.25, 0.3) is 5.91 Å². The lowest BCUT2D eigenvalue weighted by atomic mass is 10.2. The molecule has 4 rings (SSSR count). The van der Waals surface area contributed by atoms with E-state index >= 15 is 0 Å². The zero-order valence-electron chi connectivity index (χ0n) is 17.4. The Kier molecular flexibility index (Phi) is 6.26. The van der Waals surface area contributed by atoms with Gasteiger partial charge < -0.3 is 19.9 Å². The molecule has 2 aromatic carbocycles. The Morgan fingerprint density at radius 2 is 1.81 bits per heavy atom. The maximum absolute atomic E-state index is 12.3. The van der Waals surface area contributed by atoms with Crippen LogP contribution in [0.15, 0.2) is 48.5 Å². The van der Waals surface area contributed by atoms with Crippen molar-refractivity contribution >= 4 is 23.2 Å². The smallest absolute Gasteiger partial charge is 0.262 e. The van der Waals surface area contributed by atoms with Crippen molar-refractivity contribution in [2.75, 3.05) is 17.2 Å². The van der Waals surface area contributed by atoms with E-state index in [1.54, 1.807) is 24.3 Å². The molecule has 0 saturated carbocycles. The number of benzene rings is 2. The molecule has 0 fully saturated rings. The molecule has 1 aromatic heterocycles. The fourth-order valence-electron chi connectivity index (χ4n) is 3.65. The topological polar surface area (TPSA) is 98.1 Å². The van der Waals surface area contributed by atoms with Gasteiger partial charge in [0, 0.05) is 36.8 Å². The standard InChI is InChI=1S/C23H25N5O3/c1-16(29)24-18-8-6-9-19(14-18)25-22(30)15-31-20-10-5-7-17(13-20)23-27-26-21-11-3-2-4-12-28(21)23/h5-10,13-14H,2-4,11-12,15H2,1H3,(H,24,29)(H,25,30). The first kappa shape index (κ1) is 20.6. The first-order valence-electron chi connectivity index (χ1n) is 10.4. The fourth-order valence-corrected chi connectivity index (χ4v) is 3.65. The number of carbonyl (C=O) groups is 2. The van der Waals surface area contributed by atoms with Crippen LogP contribution in [0.3, 0.4) is 0 Å². The van der Waals surface area contributed by atoms with E-state index in [0.717, 1.165) is 43.0 Å².